The fourth-order valence-corrected chi connectivity index (χ4v) is 2.95. The third-order valence-corrected chi connectivity index (χ3v) is 3.83. The summed E-state index contributed by atoms with van der Waals surface area (Å²) in [5.41, 5.74) is 0. The highest BCUT2D eigenvalue weighted by molar-refractivity contribution is 7.09. The normalized spacial score (nSPS) is 29.7. The van der Waals surface area contributed by atoms with Crippen LogP contribution in [0, 0.1) is 0 Å². The zero-order valence-corrected chi connectivity index (χ0v) is 9.43. The number of urea groups is 1. The van der Waals surface area contributed by atoms with Crippen LogP contribution in [0.15, 0.2) is 6.33 Å². The number of hydrogen-bond acceptors (Lipinski definition) is 5. The third kappa shape index (κ3) is 1.31. The van der Waals surface area contributed by atoms with Gasteiger partial charge in [-0.05, 0) is 19.3 Å². The number of amides is 2. The van der Waals surface area contributed by atoms with E-state index in [2.05, 4.69) is 9.36 Å². The third-order valence-electron chi connectivity index (χ3n) is 3.17. The molecule has 1 aromatic heterocycles. The molecule has 3 rings (SSSR count). The summed E-state index contributed by atoms with van der Waals surface area (Å²) in [6, 6.07) is -0.223. The fraction of sp³-hybridized carbons (Fsp3) is 0.667. The summed E-state index contributed by atoms with van der Waals surface area (Å²) in [4.78, 5) is 19.2. The van der Waals surface area contributed by atoms with E-state index in [1.807, 2.05) is 0 Å². The van der Waals surface area contributed by atoms with Crippen LogP contribution in [-0.4, -0.2) is 44.2 Å². The highest BCUT2D eigenvalue weighted by atomic mass is 32.1. The molecule has 2 aliphatic heterocycles. The van der Waals surface area contributed by atoms with Crippen LogP contribution in [0.5, 0.6) is 0 Å². The van der Waals surface area contributed by atoms with Crippen LogP contribution in [0.4, 0.5) is 9.93 Å². The maximum absolute atomic E-state index is 12.1. The molecular weight excluding hydrogens is 228 g/mol. The molecule has 0 aromatic carbocycles. The molecule has 86 valence electrons. The minimum Gasteiger partial charge on any atom is -0.371 e. The van der Waals surface area contributed by atoms with E-state index in [1.165, 1.54) is 11.2 Å². The molecule has 7 heteroatoms. The number of anilines is 1. The van der Waals surface area contributed by atoms with E-state index in [4.69, 9.17) is 0 Å². The van der Waals surface area contributed by atoms with Gasteiger partial charge in [-0.3, -0.25) is 0 Å². The quantitative estimate of drug-likeness (QED) is 0.782. The number of piperidine rings is 1. The summed E-state index contributed by atoms with van der Waals surface area (Å²) in [5.74, 6) is 0. The van der Waals surface area contributed by atoms with Crippen LogP contribution >= 0.6 is 11.5 Å². The summed E-state index contributed by atoms with van der Waals surface area (Å²) >= 11 is 1.13. The number of aromatic nitrogens is 2. The topological polar surface area (TPSA) is 69.6 Å². The molecule has 2 aliphatic rings. The molecule has 0 spiro atoms. The molecule has 16 heavy (non-hydrogen) atoms. The van der Waals surface area contributed by atoms with Gasteiger partial charge in [-0.15, -0.1) is 0 Å². The molecule has 2 unspecified atom stereocenters. The molecule has 1 N–H and O–H groups in total. The molecule has 0 radical (unpaired) electrons. The molecule has 0 bridgehead atoms. The average molecular weight is 240 g/mol. The minimum absolute atomic E-state index is 0.0786. The van der Waals surface area contributed by atoms with Gasteiger partial charge in [0.2, 0.25) is 5.13 Å². The lowest BCUT2D eigenvalue weighted by atomic mass is 10.0. The van der Waals surface area contributed by atoms with E-state index in [9.17, 15) is 9.90 Å². The maximum atomic E-state index is 12.1. The van der Waals surface area contributed by atoms with Gasteiger partial charge in [0.25, 0.3) is 0 Å². The highest BCUT2D eigenvalue weighted by Crippen LogP contribution is 2.33. The summed E-state index contributed by atoms with van der Waals surface area (Å²) in [7, 11) is 0. The van der Waals surface area contributed by atoms with Gasteiger partial charge in [-0.25, -0.2) is 14.7 Å². The van der Waals surface area contributed by atoms with E-state index in [-0.39, 0.29) is 12.1 Å². The van der Waals surface area contributed by atoms with Gasteiger partial charge in [0.1, 0.15) is 6.33 Å². The summed E-state index contributed by atoms with van der Waals surface area (Å²) in [6.45, 7) is 0.732. The van der Waals surface area contributed by atoms with Crippen LogP contribution in [0.3, 0.4) is 0 Å². The van der Waals surface area contributed by atoms with Crippen LogP contribution < -0.4 is 4.90 Å². The number of carbonyl (C=O) groups is 1. The lowest BCUT2D eigenvalue weighted by molar-refractivity contribution is 0.0963. The average Bonchev–Trinajstić information content (AvgIpc) is 2.89. The standard InChI is InChI=1S/C9H12N4O2S/c14-7-6-3-1-2-4-12(6)9(15)13(7)8-10-5-11-16-8/h5-7,14H,1-4H2. The Morgan fingerprint density at radius 1 is 1.50 bits per heavy atom. The highest BCUT2D eigenvalue weighted by Gasteiger charge is 2.47. The SMILES string of the molecule is O=C1N2CCCCC2C(O)N1c1ncns1. The largest absolute Gasteiger partial charge is 0.371 e. The van der Waals surface area contributed by atoms with Gasteiger partial charge in [-0.2, -0.15) is 4.37 Å². The van der Waals surface area contributed by atoms with Crippen LogP contribution in [-0.2, 0) is 0 Å². The van der Waals surface area contributed by atoms with Gasteiger partial charge < -0.3 is 10.0 Å². The smallest absolute Gasteiger partial charge is 0.328 e. The number of rotatable bonds is 1. The first-order valence-electron chi connectivity index (χ1n) is 5.33. The van der Waals surface area contributed by atoms with Crippen molar-refractivity contribution in [3.63, 3.8) is 0 Å². The predicted molar refractivity (Wildman–Crippen MR) is 58.1 cm³/mol. The molecule has 0 aliphatic carbocycles. The van der Waals surface area contributed by atoms with Gasteiger partial charge in [-0.1, -0.05) is 0 Å². The molecule has 2 atom stereocenters. The van der Waals surface area contributed by atoms with Gasteiger partial charge in [0.05, 0.1) is 6.04 Å². The Morgan fingerprint density at radius 3 is 3.06 bits per heavy atom. The van der Waals surface area contributed by atoms with Crippen molar-refractivity contribution in [2.24, 2.45) is 0 Å². The zero-order chi connectivity index (χ0) is 11.1. The van der Waals surface area contributed by atoms with Gasteiger partial charge >= 0.3 is 6.03 Å². The Bertz CT molecular complexity index is 396. The first-order chi connectivity index (χ1) is 7.79. The lowest BCUT2D eigenvalue weighted by Crippen LogP contribution is -2.40. The Kier molecular flexibility index (Phi) is 2.29. The van der Waals surface area contributed by atoms with Crippen LogP contribution in [0.25, 0.3) is 0 Å². The van der Waals surface area contributed by atoms with E-state index in [1.54, 1.807) is 4.90 Å². The molecule has 1 aromatic rings. The molecule has 6 nitrogen and oxygen atoms in total. The summed E-state index contributed by atoms with van der Waals surface area (Å²) in [6.07, 6.45) is 3.56. The lowest BCUT2D eigenvalue weighted by Gasteiger charge is -2.28. The summed E-state index contributed by atoms with van der Waals surface area (Å²) < 4.78 is 3.86. The monoisotopic (exact) mass is 240 g/mol. The number of nitrogens with zero attached hydrogens (tertiary/aromatic N) is 4. The Hall–Kier alpha value is -1.21. The fourth-order valence-electron chi connectivity index (χ4n) is 2.40. The Labute approximate surface area is 96.7 Å². The van der Waals surface area contributed by atoms with Crippen molar-refractivity contribution in [2.45, 2.75) is 31.5 Å². The first-order valence-corrected chi connectivity index (χ1v) is 6.11. The van der Waals surface area contributed by atoms with E-state index in [0.29, 0.717) is 5.13 Å². The number of carbonyl (C=O) groups excluding carboxylic acids is 1. The molecule has 2 fully saturated rings. The van der Waals surface area contributed by atoms with Gasteiger partial charge in [0, 0.05) is 18.1 Å². The van der Waals surface area contributed by atoms with Crippen molar-refractivity contribution in [3.8, 4) is 0 Å². The maximum Gasteiger partial charge on any atom is 0.328 e. The van der Waals surface area contributed by atoms with Crippen molar-refractivity contribution >= 4 is 22.7 Å². The van der Waals surface area contributed by atoms with Crippen molar-refractivity contribution in [3.05, 3.63) is 6.33 Å². The first kappa shape index (κ1) is 9.98. The van der Waals surface area contributed by atoms with Gasteiger partial charge in [0.15, 0.2) is 6.23 Å². The summed E-state index contributed by atoms with van der Waals surface area (Å²) in [5, 5.41) is 10.6. The number of aliphatic hydroxyl groups is 1. The van der Waals surface area contributed by atoms with Crippen molar-refractivity contribution < 1.29 is 9.90 Å². The molecule has 0 saturated carbocycles. The van der Waals surface area contributed by atoms with E-state index in [0.717, 1.165) is 37.3 Å². The second-order valence-corrected chi connectivity index (χ2v) is 4.81. The number of fused-ring (bicyclic) bond motifs is 1. The van der Waals surface area contributed by atoms with Crippen molar-refractivity contribution in [1.82, 2.24) is 14.3 Å². The second kappa shape index (κ2) is 3.67. The predicted octanol–water partition coefficient (Wildman–Crippen LogP) is 0.651. The molecular formula is C9H12N4O2S. The molecule has 3 heterocycles. The van der Waals surface area contributed by atoms with Crippen molar-refractivity contribution in [2.75, 3.05) is 11.4 Å². The van der Waals surface area contributed by atoms with E-state index >= 15 is 0 Å². The Morgan fingerprint density at radius 2 is 2.38 bits per heavy atom. The Balaban J connectivity index is 1.93. The number of hydrogen-bond donors (Lipinski definition) is 1. The van der Waals surface area contributed by atoms with Crippen molar-refractivity contribution in [1.29, 1.82) is 0 Å². The number of aliphatic hydroxyl groups excluding tert-OH is 1. The van der Waals surface area contributed by atoms with Crippen LogP contribution in [0.1, 0.15) is 19.3 Å². The zero-order valence-electron chi connectivity index (χ0n) is 8.61. The van der Waals surface area contributed by atoms with E-state index < -0.39 is 6.23 Å². The minimum atomic E-state index is -0.777. The molecule has 2 amide bonds. The second-order valence-electron chi connectivity index (χ2n) is 4.05. The van der Waals surface area contributed by atoms with Crippen LogP contribution in [0.2, 0.25) is 0 Å². The molecule has 2 saturated heterocycles.